The molecule has 0 bridgehead atoms. The molecule has 0 aliphatic carbocycles. The first-order valence-corrected chi connectivity index (χ1v) is 20.0. The van der Waals surface area contributed by atoms with Gasteiger partial charge in [0.2, 0.25) is 29.5 Å². The number of unbranched alkanes of at least 4 members (excludes halogenated alkanes) is 1. The summed E-state index contributed by atoms with van der Waals surface area (Å²) in [4.78, 5) is 70.3. The molecule has 1 fully saturated rings. The van der Waals surface area contributed by atoms with E-state index < -0.39 is 60.5 Å². The minimum Gasteiger partial charge on any atom is -0.423 e. The Labute approximate surface area is 341 Å². The number of anilines is 1. The number of hydrogen-bond donors (Lipinski definition) is 9. The summed E-state index contributed by atoms with van der Waals surface area (Å²) in [5.74, 6) is -2.39. The topological polar surface area (TPSA) is 255 Å². The van der Waals surface area contributed by atoms with Crippen LogP contribution in [-0.2, 0) is 36.8 Å². The van der Waals surface area contributed by atoms with Crippen LogP contribution in [0.5, 0.6) is 0 Å². The Morgan fingerprint density at radius 2 is 1.28 bits per heavy atom. The van der Waals surface area contributed by atoms with Crippen LogP contribution < -0.4 is 43.9 Å². The van der Waals surface area contributed by atoms with Gasteiger partial charge in [0.15, 0.2) is 0 Å². The van der Waals surface area contributed by atoms with E-state index in [0.29, 0.717) is 31.5 Å². The van der Waals surface area contributed by atoms with Crippen LogP contribution in [0.25, 0.3) is 0 Å². The zero-order chi connectivity index (χ0) is 42.2. The minimum atomic E-state index is -1.64. The summed E-state index contributed by atoms with van der Waals surface area (Å²) in [5.41, 5.74) is 19.7. The monoisotopic (exact) mass is 798 g/mol. The maximum Gasteiger partial charge on any atom is 0.488 e. The van der Waals surface area contributed by atoms with Crippen LogP contribution in [0.2, 0.25) is 0 Å². The predicted molar refractivity (Wildman–Crippen MR) is 224 cm³/mol. The molecule has 0 unspecified atom stereocenters. The molecule has 0 saturated carbocycles. The number of carbonyl (C=O) groups is 5. The fraction of sp³-hybridized carbons (Fsp3) is 0.452. The van der Waals surface area contributed by atoms with Crippen molar-refractivity contribution < 1.29 is 34.0 Å². The molecule has 1 saturated heterocycles. The molecule has 312 valence electrons. The largest absolute Gasteiger partial charge is 0.488 e. The van der Waals surface area contributed by atoms with Crippen molar-refractivity contribution in [2.45, 2.75) is 94.9 Å². The average Bonchev–Trinajstić information content (AvgIpc) is 3.20. The number of nitrogens with one attached hydrogen (secondary N) is 4. The third-order valence-corrected chi connectivity index (χ3v) is 10.3. The summed E-state index contributed by atoms with van der Waals surface area (Å²) in [6.07, 6.45) is 2.51. The number of piperidine rings is 1. The molecule has 58 heavy (non-hydrogen) atoms. The van der Waals surface area contributed by atoms with Gasteiger partial charge in [-0.05, 0) is 86.1 Å². The highest BCUT2D eigenvalue weighted by molar-refractivity contribution is 6.58. The van der Waals surface area contributed by atoms with Gasteiger partial charge in [0.25, 0.3) is 0 Å². The third kappa shape index (κ3) is 13.8. The summed E-state index contributed by atoms with van der Waals surface area (Å²) in [5, 5.41) is 30.1. The maximum absolute atomic E-state index is 14.1. The molecule has 0 radical (unpaired) electrons. The van der Waals surface area contributed by atoms with E-state index in [1.165, 1.54) is 12.1 Å². The Morgan fingerprint density at radius 1 is 0.741 bits per heavy atom. The van der Waals surface area contributed by atoms with E-state index in [0.717, 1.165) is 11.1 Å². The lowest BCUT2D eigenvalue weighted by Gasteiger charge is -2.39. The molecular weight excluding hydrogens is 739 g/mol. The molecule has 4 atom stereocenters. The van der Waals surface area contributed by atoms with Crippen molar-refractivity contribution in [3.63, 3.8) is 0 Å². The van der Waals surface area contributed by atoms with Crippen molar-refractivity contribution in [2.75, 3.05) is 25.0 Å². The van der Waals surface area contributed by atoms with Gasteiger partial charge in [0.05, 0.1) is 11.6 Å². The molecule has 12 N–H and O–H groups in total. The smallest absolute Gasteiger partial charge is 0.423 e. The molecule has 16 heteroatoms. The number of nitrogens with two attached hydrogens (primary N) is 3. The first-order valence-electron chi connectivity index (χ1n) is 20.0. The Kier molecular flexibility index (Phi) is 17.4. The van der Waals surface area contributed by atoms with Crippen molar-refractivity contribution in [1.82, 2.24) is 20.9 Å². The van der Waals surface area contributed by atoms with E-state index in [-0.39, 0.29) is 62.5 Å². The molecule has 3 aromatic rings. The quantitative estimate of drug-likeness (QED) is 0.0549. The Balaban J connectivity index is 1.44. The van der Waals surface area contributed by atoms with E-state index in [9.17, 15) is 34.0 Å². The molecule has 4 rings (SSSR count). The Morgan fingerprint density at radius 3 is 1.83 bits per heavy atom. The first-order chi connectivity index (χ1) is 27.7. The molecule has 3 aromatic carbocycles. The average molecular weight is 799 g/mol. The zero-order valence-corrected chi connectivity index (χ0v) is 33.4. The highest BCUT2D eigenvalue weighted by Crippen LogP contribution is 2.23. The van der Waals surface area contributed by atoms with Crippen LogP contribution in [-0.4, -0.2) is 101 Å². The molecule has 1 aliphatic heterocycles. The van der Waals surface area contributed by atoms with Gasteiger partial charge in [-0.3, -0.25) is 24.0 Å². The van der Waals surface area contributed by atoms with Gasteiger partial charge in [-0.25, -0.2) is 0 Å². The summed E-state index contributed by atoms with van der Waals surface area (Å²) in [6.45, 7) is 4.57. The summed E-state index contributed by atoms with van der Waals surface area (Å²) < 4.78 is 0. The molecule has 0 aromatic heterocycles. The van der Waals surface area contributed by atoms with Gasteiger partial charge >= 0.3 is 7.12 Å². The van der Waals surface area contributed by atoms with Gasteiger partial charge in [0, 0.05) is 25.2 Å². The van der Waals surface area contributed by atoms with Crippen LogP contribution in [0.15, 0.2) is 84.9 Å². The third-order valence-electron chi connectivity index (χ3n) is 10.3. The van der Waals surface area contributed by atoms with Crippen LogP contribution in [0.1, 0.15) is 63.5 Å². The van der Waals surface area contributed by atoms with E-state index in [4.69, 9.17) is 17.2 Å². The predicted octanol–water partition coefficient (Wildman–Crippen LogP) is 0.0670. The second-order valence-electron chi connectivity index (χ2n) is 15.5. The lowest BCUT2D eigenvalue weighted by molar-refractivity contribution is -0.140. The zero-order valence-electron chi connectivity index (χ0n) is 33.4. The van der Waals surface area contributed by atoms with Crippen molar-refractivity contribution >= 4 is 47.8 Å². The standard InChI is InChI=1S/C42H59BN8O7/c1-28(2)25-35(50-39(54)36(27-30-13-7-4-8-14-30)49-37(52)33(45)26-29-11-5-3-6-12-29)38(53)48-34(15-9-10-22-44)40(55)51-23-20-42(46,21-24-51)41(56)47-32-18-16-31(17-19-32)43(57)58/h3-8,11-14,16-19,28,33-36,57-58H,9-10,15,20-27,44-46H2,1-2H3,(H,47,56)(H,48,53)(H,49,52)(H,50,54)/t33-,34-,35-,36-/m1/s1. The van der Waals surface area contributed by atoms with Crippen LogP contribution in [0.4, 0.5) is 5.69 Å². The Bertz CT molecular complexity index is 1790. The van der Waals surface area contributed by atoms with Gasteiger partial charge in [0.1, 0.15) is 18.1 Å². The second-order valence-corrected chi connectivity index (χ2v) is 15.5. The molecule has 15 nitrogen and oxygen atoms in total. The van der Waals surface area contributed by atoms with Gasteiger partial charge in [-0.1, -0.05) is 86.6 Å². The van der Waals surface area contributed by atoms with Crippen molar-refractivity contribution in [1.29, 1.82) is 0 Å². The molecule has 1 aliphatic rings. The van der Waals surface area contributed by atoms with Crippen LogP contribution >= 0.6 is 0 Å². The van der Waals surface area contributed by atoms with E-state index >= 15 is 0 Å². The SMILES string of the molecule is CC(C)C[C@@H](NC(=O)[C@@H](Cc1ccccc1)NC(=O)[C@H](N)Cc1ccccc1)C(=O)N[C@H](CCCCN)C(=O)N1CCC(N)(C(=O)Nc2ccc(B(O)O)cc2)CC1. The summed E-state index contributed by atoms with van der Waals surface area (Å²) in [6, 6.07) is 20.7. The minimum absolute atomic E-state index is 0.0194. The molecule has 0 spiro atoms. The van der Waals surface area contributed by atoms with Gasteiger partial charge in [-0.15, -0.1) is 0 Å². The van der Waals surface area contributed by atoms with Crippen LogP contribution in [0, 0.1) is 5.92 Å². The number of benzene rings is 3. The van der Waals surface area contributed by atoms with Crippen molar-refractivity contribution in [3.05, 3.63) is 96.1 Å². The van der Waals surface area contributed by atoms with E-state index in [1.807, 2.05) is 74.5 Å². The lowest BCUT2D eigenvalue weighted by atomic mass is 9.80. The number of likely N-dealkylation sites (tertiary alicyclic amines) is 1. The Hall–Kier alpha value is -5.13. The highest BCUT2D eigenvalue weighted by atomic mass is 16.4. The van der Waals surface area contributed by atoms with Crippen LogP contribution in [0.3, 0.4) is 0 Å². The summed E-state index contributed by atoms with van der Waals surface area (Å²) >= 11 is 0. The highest BCUT2D eigenvalue weighted by Gasteiger charge is 2.40. The second kappa shape index (κ2) is 22.1. The first kappa shape index (κ1) is 45.6. The summed E-state index contributed by atoms with van der Waals surface area (Å²) in [7, 11) is -1.64. The van der Waals surface area contributed by atoms with E-state index in [1.54, 1.807) is 17.0 Å². The molecule has 1 heterocycles. The number of rotatable bonds is 20. The lowest BCUT2D eigenvalue weighted by Crippen LogP contribution is -2.61. The fourth-order valence-electron chi connectivity index (χ4n) is 6.86. The maximum atomic E-state index is 14.1. The van der Waals surface area contributed by atoms with Crippen molar-refractivity contribution in [3.8, 4) is 0 Å². The molecule has 5 amide bonds. The van der Waals surface area contributed by atoms with Gasteiger partial charge in [-0.2, -0.15) is 0 Å². The molecular formula is C42H59BN8O7. The van der Waals surface area contributed by atoms with Gasteiger partial charge < -0.3 is 53.4 Å². The normalized spacial score (nSPS) is 15.7. The number of nitrogens with zero attached hydrogens (tertiary/aromatic N) is 1. The number of amides is 5. The van der Waals surface area contributed by atoms with E-state index in [2.05, 4.69) is 21.3 Å². The number of hydrogen-bond acceptors (Lipinski definition) is 10. The fourth-order valence-corrected chi connectivity index (χ4v) is 6.86. The van der Waals surface area contributed by atoms with Crippen molar-refractivity contribution in [2.24, 2.45) is 23.1 Å². The number of carbonyl (C=O) groups excluding carboxylic acids is 5.